The average Bonchev–Trinajstić information content (AvgIpc) is 2.28. The minimum atomic E-state index is 0.423. The van der Waals surface area contributed by atoms with Crippen molar-refractivity contribution in [3.63, 3.8) is 0 Å². The molecule has 4 heteroatoms. The highest BCUT2D eigenvalue weighted by Gasteiger charge is 2.29. The molecule has 0 radical (unpaired) electrons. The molecule has 1 aromatic rings. The fraction of sp³-hybridized carbons (Fsp3) is 0.538. The Kier molecular flexibility index (Phi) is 4.13. The number of nitrogens with one attached hydrogen (secondary N) is 1. The molecule has 94 valence electrons. The molecule has 0 atom stereocenters. The molecule has 1 aromatic carbocycles. The predicted octanol–water partition coefficient (Wildman–Crippen LogP) is 3.33. The normalized spacial score (nSPS) is 23.0. The topological polar surface area (TPSA) is 30.5 Å². The minimum absolute atomic E-state index is 0.423. The van der Waals surface area contributed by atoms with Crippen LogP contribution in [0.3, 0.4) is 0 Å². The molecule has 0 bridgehead atoms. The van der Waals surface area contributed by atoms with Crippen LogP contribution in [0.2, 0.25) is 5.02 Å². The smallest absolute Gasteiger partial charge is 0.139 e. The van der Waals surface area contributed by atoms with Gasteiger partial charge in [-0.3, -0.25) is 0 Å². The van der Waals surface area contributed by atoms with Crippen LogP contribution in [-0.4, -0.2) is 25.9 Å². The van der Waals surface area contributed by atoms with Crippen molar-refractivity contribution in [2.45, 2.75) is 31.9 Å². The molecular weight excluding hydrogens is 238 g/mol. The first-order valence-electron chi connectivity index (χ1n) is 5.94. The van der Waals surface area contributed by atoms with Crippen LogP contribution in [0.15, 0.2) is 18.2 Å². The van der Waals surface area contributed by atoms with E-state index in [1.165, 1.54) is 0 Å². The van der Waals surface area contributed by atoms with Crippen LogP contribution in [0.5, 0.6) is 5.75 Å². The van der Waals surface area contributed by atoms with E-state index in [9.17, 15) is 0 Å². The van der Waals surface area contributed by atoms with Crippen LogP contribution in [0.4, 0.5) is 5.69 Å². The van der Waals surface area contributed by atoms with Gasteiger partial charge in [0, 0.05) is 24.4 Å². The lowest BCUT2D eigenvalue weighted by molar-refractivity contribution is 0.00299. The Balaban J connectivity index is 1.88. The van der Waals surface area contributed by atoms with Gasteiger partial charge < -0.3 is 14.8 Å². The van der Waals surface area contributed by atoms with Crippen LogP contribution in [0, 0.1) is 0 Å². The molecule has 1 saturated carbocycles. The van der Waals surface area contributed by atoms with Crippen molar-refractivity contribution in [3.8, 4) is 5.75 Å². The third-order valence-electron chi connectivity index (χ3n) is 3.02. The van der Waals surface area contributed by atoms with E-state index in [2.05, 4.69) is 5.32 Å². The number of benzene rings is 1. The lowest BCUT2D eigenvalue weighted by Crippen LogP contribution is -2.40. The van der Waals surface area contributed by atoms with Crippen LogP contribution < -0.4 is 10.1 Å². The summed E-state index contributed by atoms with van der Waals surface area (Å²) in [5.41, 5.74) is 1.05. The first-order valence-corrected chi connectivity index (χ1v) is 6.32. The van der Waals surface area contributed by atoms with Gasteiger partial charge in [0.15, 0.2) is 0 Å². The quantitative estimate of drug-likeness (QED) is 0.876. The fourth-order valence-electron chi connectivity index (χ4n) is 2.04. The molecule has 1 aliphatic carbocycles. The molecule has 0 unspecified atom stereocenters. The molecule has 3 nitrogen and oxygen atoms in total. The Hall–Kier alpha value is -0.930. The van der Waals surface area contributed by atoms with E-state index in [1.54, 1.807) is 7.11 Å². The van der Waals surface area contributed by atoms with Crippen LogP contribution in [0.25, 0.3) is 0 Å². The molecule has 1 N–H and O–H groups in total. The summed E-state index contributed by atoms with van der Waals surface area (Å²) in [6.07, 6.45) is 2.56. The second kappa shape index (κ2) is 5.61. The van der Waals surface area contributed by atoms with Crippen molar-refractivity contribution in [3.05, 3.63) is 23.2 Å². The second-order valence-electron chi connectivity index (χ2n) is 4.24. The average molecular weight is 256 g/mol. The molecule has 17 heavy (non-hydrogen) atoms. The van der Waals surface area contributed by atoms with Gasteiger partial charge in [-0.25, -0.2) is 0 Å². The van der Waals surface area contributed by atoms with Gasteiger partial charge in [-0.05, 0) is 31.9 Å². The molecule has 0 amide bonds. The summed E-state index contributed by atoms with van der Waals surface area (Å²) in [6, 6.07) is 6.24. The second-order valence-corrected chi connectivity index (χ2v) is 4.65. The SMILES string of the molecule is CCOC1CC(Nc2ccc(Cl)c(OC)c2)C1. The highest BCUT2D eigenvalue weighted by atomic mass is 35.5. The Morgan fingerprint density at radius 1 is 1.41 bits per heavy atom. The summed E-state index contributed by atoms with van der Waals surface area (Å²) < 4.78 is 10.7. The summed E-state index contributed by atoms with van der Waals surface area (Å²) in [5, 5.41) is 4.09. The van der Waals surface area contributed by atoms with Crippen LogP contribution in [0.1, 0.15) is 19.8 Å². The Morgan fingerprint density at radius 2 is 2.18 bits per heavy atom. The van der Waals surface area contributed by atoms with E-state index in [-0.39, 0.29) is 0 Å². The third-order valence-corrected chi connectivity index (χ3v) is 3.33. The van der Waals surface area contributed by atoms with Crippen molar-refractivity contribution in [1.82, 2.24) is 0 Å². The molecule has 1 fully saturated rings. The summed E-state index contributed by atoms with van der Waals surface area (Å²) in [5.74, 6) is 0.706. The maximum atomic E-state index is 5.97. The number of rotatable bonds is 5. The van der Waals surface area contributed by atoms with Gasteiger partial charge in [0.2, 0.25) is 0 Å². The number of anilines is 1. The fourth-order valence-corrected chi connectivity index (χ4v) is 2.24. The minimum Gasteiger partial charge on any atom is -0.495 e. The lowest BCUT2D eigenvalue weighted by Gasteiger charge is -2.36. The summed E-state index contributed by atoms with van der Waals surface area (Å²) in [6.45, 7) is 2.83. The third kappa shape index (κ3) is 3.05. The largest absolute Gasteiger partial charge is 0.495 e. The van der Waals surface area contributed by atoms with Crippen LogP contribution >= 0.6 is 11.6 Å². The molecule has 0 aromatic heterocycles. The van der Waals surface area contributed by atoms with Gasteiger partial charge >= 0.3 is 0 Å². The number of ether oxygens (including phenoxy) is 2. The molecule has 0 aliphatic heterocycles. The van der Waals surface area contributed by atoms with Crippen molar-refractivity contribution in [1.29, 1.82) is 0 Å². The summed E-state index contributed by atoms with van der Waals surface area (Å²) in [7, 11) is 1.62. The van der Waals surface area contributed by atoms with E-state index in [4.69, 9.17) is 21.1 Å². The first-order chi connectivity index (χ1) is 8.22. The van der Waals surface area contributed by atoms with Gasteiger partial charge in [0.1, 0.15) is 5.75 Å². The number of methoxy groups -OCH3 is 1. The van der Waals surface area contributed by atoms with Gasteiger partial charge in [0.05, 0.1) is 18.2 Å². The Bertz CT molecular complexity index is 378. The van der Waals surface area contributed by atoms with E-state index < -0.39 is 0 Å². The molecule has 2 rings (SSSR count). The van der Waals surface area contributed by atoms with E-state index in [0.29, 0.717) is 22.9 Å². The van der Waals surface area contributed by atoms with Gasteiger partial charge in [-0.1, -0.05) is 11.6 Å². The highest BCUT2D eigenvalue weighted by Crippen LogP contribution is 2.31. The van der Waals surface area contributed by atoms with Crippen molar-refractivity contribution < 1.29 is 9.47 Å². The molecule has 0 saturated heterocycles. The Labute approximate surface area is 107 Å². The monoisotopic (exact) mass is 255 g/mol. The van der Waals surface area contributed by atoms with Crippen molar-refractivity contribution in [2.24, 2.45) is 0 Å². The summed E-state index contributed by atoms with van der Waals surface area (Å²) >= 11 is 5.97. The van der Waals surface area contributed by atoms with Crippen LogP contribution in [-0.2, 0) is 4.74 Å². The highest BCUT2D eigenvalue weighted by molar-refractivity contribution is 6.32. The zero-order valence-corrected chi connectivity index (χ0v) is 11.0. The van der Waals surface area contributed by atoms with Gasteiger partial charge in [0.25, 0.3) is 0 Å². The molecular formula is C13H18ClNO2. The molecule has 0 heterocycles. The maximum Gasteiger partial charge on any atom is 0.139 e. The molecule has 0 spiro atoms. The van der Waals surface area contributed by atoms with Gasteiger partial charge in [-0.15, -0.1) is 0 Å². The number of hydrogen-bond donors (Lipinski definition) is 1. The zero-order chi connectivity index (χ0) is 12.3. The Morgan fingerprint density at radius 3 is 2.82 bits per heavy atom. The maximum absolute atomic E-state index is 5.97. The molecule has 1 aliphatic rings. The first kappa shape index (κ1) is 12.5. The zero-order valence-electron chi connectivity index (χ0n) is 10.2. The standard InChI is InChI=1S/C13H18ClNO2/c1-3-17-11-6-10(7-11)15-9-4-5-12(14)13(8-9)16-2/h4-5,8,10-11,15H,3,6-7H2,1-2H3. The van der Waals surface area contributed by atoms with E-state index >= 15 is 0 Å². The van der Waals surface area contributed by atoms with Crippen molar-refractivity contribution >= 4 is 17.3 Å². The predicted molar refractivity (Wildman–Crippen MR) is 70.1 cm³/mol. The summed E-state index contributed by atoms with van der Waals surface area (Å²) in [4.78, 5) is 0. The van der Waals surface area contributed by atoms with Crippen molar-refractivity contribution in [2.75, 3.05) is 19.0 Å². The number of halogens is 1. The van der Waals surface area contributed by atoms with E-state index in [0.717, 1.165) is 25.1 Å². The van der Waals surface area contributed by atoms with Gasteiger partial charge in [-0.2, -0.15) is 0 Å². The van der Waals surface area contributed by atoms with E-state index in [1.807, 2.05) is 25.1 Å². The lowest BCUT2D eigenvalue weighted by atomic mass is 9.89. The number of hydrogen-bond acceptors (Lipinski definition) is 3.